The van der Waals surface area contributed by atoms with E-state index in [4.69, 9.17) is 0 Å². The van der Waals surface area contributed by atoms with Crippen LogP contribution < -0.4 is 0 Å². The Morgan fingerprint density at radius 3 is 2.75 bits per heavy atom. The smallest absolute Gasteiger partial charge is 0.337 e. The number of benzene rings is 1. The van der Waals surface area contributed by atoms with Crippen LogP contribution in [0.3, 0.4) is 0 Å². The number of hydrogen-bond donors (Lipinski definition) is 1. The molecule has 2 rings (SSSR count). The van der Waals surface area contributed by atoms with E-state index in [-0.39, 0.29) is 10.8 Å². The van der Waals surface area contributed by atoms with Gasteiger partial charge in [-0.05, 0) is 19.1 Å². The standard InChI is InChI=1S/C14H18N2O3S/c1-4-12-15-11-7-5-6-10(14(17)18)13(11)16(12)8-9(2)20(3)19/h5-7,9H,4,8H2,1-3H3,(H,17,18). The van der Waals surface area contributed by atoms with Crippen molar-refractivity contribution in [1.82, 2.24) is 9.55 Å². The van der Waals surface area contributed by atoms with Gasteiger partial charge in [0, 0.05) is 35.3 Å². The molecule has 1 N–H and O–H groups in total. The van der Waals surface area contributed by atoms with Crippen molar-refractivity contribution in [2.45, 2.75) is 32.1 Å². The fourth-order valence-electron chi connectivity index (χ4n) is 2.23. The molecule has 0 radical (unpaired) electrons. The summed E-state index contributed by atoms with van der Waals surface area (Å²) in [5.74, 6) is -0.143. The average molecular weight is 294 g/mol. The Morgan fingerprint density at radius 2 is 2.20 bits per heavy atom. The highest BCUT2D eigenvalue weighted by Crippen LogP contribution is 2.22. The third-order valence-electron chi connectivity index (χ3n) is 3.40. The molecule has 2 aromatic rings. The van der Waals surface area contributed by atoms with Crippen LogP contribution in [0.25, 0.3) is 11.0 Å². The van der Waals surface area contributed by atoms with Gasteiger partial charge < -0.3 is 9.67 Å². The Kier molecular flexibility index (Phi) is 4.23. The maximum absolute atomic E-state index is 11.6. The third-order valence-corrected chi connectivity index (χ3v) is 4.68. The summed E-state index contributed by atoms with van der Waals surface area (Å²) in [4.78, 5) is 15.9. The van der Waals surface area contributed by atoms with Crippen molar-refractivity contribution in [2.24, 2.45) is 0 Å². The molecule has 1 heterocycles. The number of aryl methyl sites for hydroxylation is 1. The van der Waals surface area contributed by atoms with E-state index in [1.165, 1.54) is 0 Å². The van der Waals surface area contributed by atoms with Gasteiger partial charge in [-0.3, -0.25) is 4.21 Å². The summed E-state index contributed by atoms with van der Waals surface area (Å²) in [5, 5.41) is 9.28. The van der Waals surface area contributed by atoms with Gasteiger partial charge in [0.05, 0.1) is 16.6 Å². The monoisotopic (exact) mass is 294 g/mol. The van der Waals surface area contributed by atoms with E-state index in [1.807, 2.05) is 24.5 Å². The van der Waals surface area contributed by atoms with Gasteiger partial charge in [-0.25, -0.2) is 9.78 Å². The van der Waals surface area contributed by atoms with E-state index < -0.39 is 16.8 Å². The zero-order valence-corrected chi connectivity index (χ0v) is 12.6. The van der Waals surface area contributed by atoms with Crippen LogP contribution in [-0.2, 0) is 23.8 Å². The summed E-state index contributed by atoms with van der Waals surface area (Å²) in [5.41, 5.74) is 1.54. The third kappa shape index (κ3) is 2.60. The fourth-order valence-corrected chi connectivity index (χ4v) is 2.59. The zero-order valence-electron chi connectivity index (χ0n) is 11.8. The molecule has 0 bridgehead atoms. The summed E-state index contributed by atoms with van der Waals surface area (Å²) in [6, 6.07) is 5.09. The molecular formula is C14H18N2O3S. The highest BCUT2D eigenvalue weighted by Gasteiger charge is 2.19. The first-order chi connectivity index (χ1) is 9.45. The number of para-hydroxylation sites is 1. The second-order valence-electron chi connectivity index (χ2n) is 4.78. The van der Waals surface area contributed by atoms with Crippen molar-refractivity contribution in [3.8, 4) is 0 Å². The molecular weight excluding hydrogens is 276 g/mol. The van der Waals surface area contributed by atoms with Crippen LogP contribution in [0.4, 0.5) is 0 Å². The minimum absolute atomic E-state index is 0.0560. The quantitative estimate of drug-likeness (QED) is 0.916. The molecule has 6 heteroatoms. The van der Waals surface area contributed by atoms with Gasteiger partial charge in [0.25, 0.3) is 0 Å². The molecule has 0 saturated carbocycles. The van der Waals surface area contributed by atoms with E-state index >= 15 is 0 Å². The van der Waals surface area contributed by atoms with Gasteiger partial charge in [0.1, 0.15) is 5.82 Å². The van der Waals surface area contributed by atoms with E-state index in [2.05, 4.69) is 4.98 Å². The molecule has 0 saturated heterocycles. The first-order valence-corrected chi connectivity index (χ1v) is 8.11. The molecule has 0 fully saturated rings. The van der Waals surface area contributed by atoms with Crippen molar-refractivity contribution in [1.29, 1.82) is 0 Å². The zero-order chi connectivity index (χ0) is 14.9. The number of rotatable bonds is 5. The first kappa shape index (κ1) is 14.7. The Hall–Kier alpha value is -1.69. The van der Waals surface area contributed by atoms with Crippen LogP contribution >= 0.6 is 0 Å². The van der Waals surface area contributed by atoms with Crippen LogP contribution in [0.5, 0.6) is 0 Å². The highest BCUT2D eigenvalue weighted by molar-refractivity contribution is 7.84. The maximum Gasteiger partial charge on any atom is 0.337 e. The topological polar surface area (TPSA) is 72.2 Å². The molecule has 1 aromatic heterocycles. The number of hydrogen-bond acceptors (Lipinski definition) is 3. The number of carboxylic acid groups (broad SMARTS) is 1. The largest absolute Gasteiger partial charge is 0.478 e. The number of aromatic carboxylic acids is 1. The lowest BCUT2D eigenvalue weighted by Gasteiger charge is -2.13. The average Bonchev–Trinajstić information content (AvgIpc) is 2.76. The van der Waals surface area contributed by atoms with Crippen molar-refractivity contribution in [2.75, 3.05) is 6.26 Å². The summed E-state index contributed by atoms with van der Waals surface area (Å²) in [6.45, 7) is 4.38. The van der Waals surface area contributed by atoms with Crippen molar-refractivity contribution < 1.29 is 14.1 Å². The van der Waals surface area contributed by atoms with E-state index in [9.17, 15) is 14.1 Å². The summed E-state index contributed by atoms with van der Waals surface area (Å²) in [7, 11) is -0.961. The molecule has 0 aliphatic carbocycles. The highest BCUT2D eigenvalue weighted by atomic mass is 32.2. The molecule has 1 aromatic carbocycles. The molecule has 0 spiro atoms. The number of carbonyl (C=O) groups is 1. The Morgan fingerprint density at radius 1 is 1.50 bits per heavy atom. The number of carboxylic acids is 1. The predicted octanol–water partition coefficient (Wildman–Crippen LogP) is 2.06. The van der Waals surface area contributed by atoms with Gasteiger partial charge in [-0.2, -0.15) is 0 Å². The van der Waals surface area contributed by atoms with Crippen molar-refractivity contribution >= 4 is 27.8 Å². The van der Waals surface area contributed by atoms with Gasteiger partial charge in [-0.15, -0.1) is 0 Å². The minimum Gasteiger partial charge on any atom is -0.478 e. The predicted molar refractivity (Wildman–Crippen MR) is 79.6 cm³/mol. The minimum atomic E-state index is -0.968. The van der Waals surface area contributed by atoms with Gasteiger partial charge >= 0.3 is 5.97 Å². The summed E-state index contributed by atoms with van der Waals surface area (Å²) >= 11 is 0. The van der Waals surface area contributed by atoms with Gasteiger partial charge in [0.15, 0.2) is 0 Å². The van der Waals surface area contributed by atoms with Gasteiger partial charge in [0.2, 0.25) is 0 Å². The van der Waals surface area contributed by atoms with E-state index in [1.54, 1.807) is 18.4 Å². The maximum atomic E-state index is 11.6. The summed E-state index contributed by atoms with van der Waals surface area (Å²) < 4.78 is 13.5. The second kappa shape index (κ2) is 5.75. The Balaban J connectivity index is 2.66. The van der Waals surface area contributed by atoms with Crippen LogP contribution in [0.15, 0.2) is 18.2 Å². The number of aromatic nitrogens is 2. The van der Waals surface area contributed by atoms with Crippen LogP contribution in [0.1, 0.15) is 30.0 Å². The lowest BCUT2D eigenvalue weighted by atomic mass is 10.2. The molecule has 108 valence electrons. The molecule has 0 amide bonds. The van der Waals surface area contributed by atoms with Crippen LogP contribution in [-0.4, -0.2) is 36.3 Å². The lowest BCUT2D eigenvalue weighted by molar-refractivity contribution is 0.0698. The van der Waals surface area contributed by atoms with E-state index in [0.29, 0.717) is 24.0 Å². The molecule has 5 nitrogen and oxygen atoms in total. The van der Waals surface area contributed by atoms with Crippen LogP contribution in [0.2, 0.25) is 0 Å². The number of fused-ring (bicyclic) bond motifs is 1. The Labute approximate surface area is 120 Å². The molecule has 2 atom stereocenters. The second-order valence-corrected chi connectivity index (χ2v) is 6.58. The van der Waals surface area contributed by atoms with Crippen molar-refractivity contribution in [3.63, 3.8) is 0 Å². The first-order valence-electron chi connectivity index (χ1n) is 6.49. The van der Waals surface area contributed by atoms with Gasteiger partial charge in [-0.1, -0.05) is 13.0 Å². The number of nitrogens with zero attached hydrogens (tertiary/aromatic N) is 2. The van der Waals surface area contributed by atoms with E-state index in [0.717, 1.165) is 5.82 Å². The summed E-state index contributed by atoms with van der Waals surface area (Å²) in [6.07, 6.45) is 2.37. The fraction of sp³-hybridized carbons (Fsp3) is 0.429. The van der Waals surface area contributed by atoms with Crippen LogP contribution in [0, 0.1) is 0 Å². The lowest BCUT2D eigenvalue weighted by Crippen LogP contribution is -2.19. The molecule has 20 heavy (non-hydrogen) atoms. The molecule has 0 aliphatic heterocycles. The Bertz CT molecular complexity index is 678. The molecule has 0 aliphatic rings. The SMILES string of the molecule is CCc1nc2cccc(C(=O)O)c2n1CC(C)S(C)=O. The van der Waals surface area contributed by atoms with Crippen molar-refractivity contribution in [3.05, 3.63) is 29.6 Å². The number of imidazole rings is 1. The molecule has 2 unspecified atom stereocenters. The normalized spacial score (nSPS) is 14.3.